The number of hydrogen-bond donors (Lipinski definition) is 6. The molecule has 52 heavy (non-hydrogen) atoms. The average molecular weight is 734 g/mol. The molecule has 1 rings (SSSR count). The molecule has 9 heteroatoms. The van der Waals surface area contributed by atoms with E-state index in [1.807, 2.05) is 6.08 Å². The Labute approximate surface area is 316 Å². The predicted octanol–water partition coefficient (Wildman–Crippen LogP) is 7.66. The smallest absolute Gasteiger partial charge is 0.220 e. The van der Waals surface area contributed by atoms with Gasteiger partial charge >= 0.3 is 0 Å². The van der Waals surface area contributed by atoms with E-state index in [1.54, 1.807) is 6.08 Å². The molecule has 0 aromatic carbocycles. The third-order valence-electron chi connectivity index (χ3n) is 9.29. The van der Waals surface area contributed by atoms with Crippen molar-refractivity contribution in [1.82, 2.24) is 5.32 Å². The fourth-order valence-electron chi connectivity index (χ4n) is 5.92. The molecule has 1 saturated heterocycles. The zero-order chi connectivity index (χ0) is 38.1. The van der Waals surface area contributed by atoms with Crippen molar-refractivity contribution < 1.29 is 39.8 Å². The first-order chi connectivity index (χ1) is 25.3. The molecule has 0 spiro atoms. The first-order valence-electron chi connectivity index (χ1n) is 20.5. The highest BCUT2D eigenvalue weighted by atomic mass is 16.7. The van der Waals surface area contributed by atoms with Crippen molar-refractivity contribution in [3.63, 3.8) is 0 Å². The molecule has 1 fully saturated rings. The summed E-state index contributed by atoms with van der Waals surface area (Å²) in [6, 6.07) is -0.835. The summed E-state index contributed by atoms with van der Waals surface area (Å²) in [4.78, 5) is 12.9. The number of carbonyl (C=O) groups excluding carboxylic acids is 1. The second-order valence-electron chi connectivity index (χ2n) is 14.1. The summed E-state index contributed by atoms with van der Waals surface area (Å²) < 4.78 is 11.1. The van der Waals surface area contributed by atoms with Crippen LogP contribution in [0.2, 0.25) is 0 Å². The minimum Gasteiger partial charge on any atom is -0.394 e. The van der Waals surface area contributed by atoms with Gasteiger partial charge in [0, 0.05) is 6.42 Å². The zero-order valence-corrected chi connectivity index (χ0v) is 32.5. The van der Waals surface area contributed by atoms with E-state index in [2.05, 4.69) is 67.8 Å². The number of rotatable bonds is 32. The summed E-state index contributed by atoms with van der Waals surface area (Å²) in [7, 11) is 0. The standard InChI is InChI=1S/C43H75NO8/c1-3-5-7-9-11-13-15-17-19-21-23-25-27-29-31-33-39(47)44-36(35-51-43-42(50)41(49)40(48)38(34-45)52-43)37(46)32-30-28-26-24-22-20-18-16-14-12-10-8-6-4-2/h11,13-14,16-17,19,22,24,30,32,36-38,40-43,45-46,48-50H,3-10,12,15,18,20-21,23,25-29,31,33-35H2,1-2H3,(H,44,47)/b13-11-,16-14+,19-17-,24-22+,32-30+. The third-order valence-corrected chi connectivity index (χ3v) is 9.29. The minimum atomic E-state index is -1.58. The second-order valence-corrected chi connectivity index (χ2v) is 14.1. The van der Waals surface area contributed by atoms with Crippen LogP contribution in [0.25, 0.3) is 0 Å². The maximum Gasteiger partial charge on any atom is 0.220 e. The Balaban J connectivity index is 2.48. The number of unbranched alkanes of at least 4 members (excludes halogenated alkanes) is 14. The number of nitrogens with one attached hydrogen (secondary N) is 1. The largest absolute Gasteiger partial charge is 0.394 e. The molecule has 1 amide bonds. The monoisotopic (exact) mass is 734 g/mol. The van der Waals surface area contributed by atoms with Crippen LogP contribution in [-0.2, 0) is 14.3 Å². The molecule has 9 nitrogen and oxygen atoms in total. The zero-order valence-electron chi connectivity index (χ0n) is 32.5. The van der Waals surface area contributed by atoms with Gasteiger partial charge in [0.25, 0.3) is 0 Å². The molecule has 1 heterocycles. The molecule has 7 unspecified atom stereocenters. The number of ether oxygens (including phenoxy) is 2. The highest BCUT2D eigenvalue weighted by Crippen LogP contribution is 2.22. The molecule has 0 saturated carbocycles. The van der Waals surface area contributed by atoms with Gasteiger partial charge in [-0.05, 0) is 77.0 Å². The molecule has 7 atom stereocenters. The molecular formula is C43H75NO8. The fourth-order valence-corrected chi connectivity index (χ4v) is 5.92. The number of amides is 1. The number of aliphatic hydroxyl groups excluding tert-OH is 5. The van der Waals surface area contributed by atoms with E-state index in [0.29, 0.717) is 6.42 Å². The van der Waals surface area contributed by atoms with Gasteiger partial charge in [0.15, 0.2) is 6.29 Å². The quantitative estimate of drug-likeness (QED) is 0.0305. The Hall–Kier alpha value is -2.11. The molecular weight excluding hydrogens is 658 g/mol. The van der Waals surface area contributed by atoms with Crippen molar-refractivity contribution in [3.8, 4) is 0 Å². The highest BCUT2D eigenvalue weighted by molar-refractivity contribution is 5.76. The summed E-state index contributed by atoms with van der Waals surface area (Å²) in [5.41, 5.74) is 0. The summed E-state index contributed by atoms with van der Waals surface area (Å²) in [6.07, 6.45) is 35.4. The summed E-state index contributed by atoms with van der Waals surface area (Å²) >= 11 is 0. The Morgan fingerprint density at radius 1 is 0.654 bits per heavy atom. The molecule has 0 aromatic heterocycles. The van der Waals surface area contributed by atoms with Crippen LogP contribution in [0.15, 0.2) is 60.8 Å². The van der Waals surface area contributed by atoms with E-state index in [-0.39, 0.29) is 12.5 Å². The lowest BCUT2D eigenvalue weighted by Crippen LogP contribution is -2.60. The Morgan fingerprint density at radius 2 is 1.15 bits per heavy atom. The van der Waals surface area contributed by atoms with Crippen LogP contribution in [-0.4, -0.2) is 87.5 Å². The summed E-state index contributed by atoms with van der Waals surface area (Å²) in [6.45, 7) is 3.66. The fraction of sp³-hybridized carbons (Fsp3) is 0.744. The van der Waals surface area contributed by atoms with Gasteiger partial charge in [0.2, 0.25) is 5.91 Å². The van der Waals surface area contributed by atoms with Gasteiger partial charge in [-0.15, -0.1) is 0 Å². The van der Waals surface area contributed by atoms with Crippen LogP contribution in [0.4, 0.5) is 0 Å². The van der Waals surface area contributed by atoms with Crippen molar-refractivity contribution in [1.29, 1.82) is 0 Å². The average Bonchev–Trinajstić information content (AvgIpc) is 3.14. The summed E-state index contributed by atoms with van der Waals surface area (Å²) in [5, 5.41) is 53.9. The molecule has 0 aromatic rings. The van der Waals surface area contributed by atoms with Crippen molar-refractivity contribution >= 4 is 5.91 Å². The maximum absolute atomic E-state index is 12.9. The van der Waals surface area contributed by atoms with Crippen LogP contribution in [0.1, 0.15) is 149 Å². The van der Waals surface area contributed by atoms with Gasteiger partial charge in [-0.2, -0.15) is 0 Å². The maximum atomic E-state index is 12.9. The number of allylic oxidation sites excluding steroid dienone is 9. The lowest BCUT2D eigenvalue weighted by molar-refractivity contribution is -0.302. The third kappa shape index (κ3) is 24.3. The van der Waals surface area contributed by atoms with Crippen LogP contribution >= 0.6 is 0 Å². The Bertz CT molecular complexity index is 994. The Morgan fingerprint density at radius 3 is 1.77 bits per heavy atom. The van der Waals surface area contributed by atoms with Gasteiger partial charge in [0.05, 0.1) is 25.4 Å². The molecule has 0 radical (unpaired) electrons. The van der Waals surface area contributed by atoms with Crippen molar-refractivity contribution in [2.24, 2.45) is 0 Å². The summed E-state index contributed by atoms with van der Waals surface area (Å²) in [5.74, 6) is -0.210. The topological polar surface area (TPSA) is 149 Å². The van der Waals surface area contributed by atoms with Crippen molar-refractivity contribution in [2.75, 3.05) is 13.2 Å². The lowest BCUT2D eigenvalue weighted by atomic mass is 9.99. The van der Waals surface area contributed by atoms with E-state index in [0.717, 1.165) is 77.0 Å². The normalized spacial score (nSPS) is 22.5. The number of hydrogen-bond acceptors (Lipinski definition) is 8. The van der Waals surface area contributed by atoms with Gasteiger partial charge in [-0.1, -0.05) is 126 Å². The van der Waals surface area contributed by atoms with Crippen LogP contribution < -0.4 is 5.32 Å². The molecule has 300 valence electrons. The van der Waals surface area contributed by atoms with E-state index >= 15 is 0 Å². The second kappa shape index (κ2) is 33.5. The predicted molar refractivity (Wildman–Crippen MR) is 212 cm³/mol. The Kier molecular flexibility index (Phi) is 30.8. The SMILES string of the molecule is CCCCC/C=C\C/C=C\CCCCCCCC(=O)NC(COC1OC(CO)C(O)C(O)C1O)C(O)/C=C/CC/C=C/CC/C=C/CCCCCC. The van der Waals surface area contributed by atoms with E-state index < -0.39 is 49.5 Å². The minimum absolute atomic E-state index is 0.210. The van der Waals surface area contributed by atoms with Crippen molar-refractivity contribution in [2.45, 2.75) is 192 Å². The van der Waals surface area contributed by atoms with Gasteiger partial charge in [0.1, 0.15) is 24.4 Å². The molecule has 1 aliphatic heterocycles. The van der Waals surface area contributed by atoms with Gasteiger partial charge < -0.3 is 40.3 Å². The first-order valence-corrected chi connectivity index (χ1v) is 20.5. The van der Waals surface area contributed by atoms with Crippen LogP contribution in [0.5, 0.6) is 0 Å². The molecule has 6 N–H and O–H groups in total. The molecule has 0 aliphatic carbocycles. The lowest BCUT2D eigenvalue weighted by Gasteiger charge is -2.40. The van der Waals surface area contributed by atoms with Gasteiger partial charge in [-0.3, -0.25) is 4.79 Å². The highest BCUT2D eigenvalue weighted by Gasteiger charge is 2.44. The van der Waals surface area contributed by atoms with E-state index in [1.165, 1.54) is 51.4 Å². The molecule has 1 aliphatic rings. The molecule has 0 bridgehead atoms. The van der Waals surface area contributed by atoms with E-state index in [9.17, 15) is 30.3 Å². The van der Waals surface area contributed by atoms with Crippen molar-refractivity contribution in [3.05, 3.63) is 60.8 Å². The van der Waals surface area contributed by atoms with E-state index in [4.69, 9.17) is 9.47 Å². The van der Waals surface area contributed by atoms with Gasteiger partial charge in [-0.25, -0.2) is 0 Å². The van der Waals surface area contributed by atoms with Crippen LogP contribution in [0.3, 0.4) is 0 Å². The first kappa shape index (κ1) is 47.9. The number of carbonyl (C=O) groups is 1. The number of aliphatic hydroxyl groups is 5. The van der Waals surface area contributed by atoms with Crippen LogP contribution in [0, 0.1) is 0 Å².